The fourth-order valence-corrected chi connectivity index (χ4v) is 0. The molecule has 0 rings (SSSR count). The van der Waals surface area contributed by atoms with Crippen LogP contribution in [0, 0.1) is 0 Å². The summed E-state index contributed by atoms with van der Waals surface area (Å²) in [7, 11) is 0. The number of hydrogen-bond acceptors (Lipinski definition) is 0. The summed E-state index contributed by atoms with van der Waals surface area (Å²) >= 11 is 0. The Balaban J connectivity index is 0. The fraction of sp³-hybridized carbons (Fsp3) is 0. The summed E-state index contributed by atoms with van der Waals surface area (Å²) in [4.78, 5) is 0. The van der Waals surface area contributed by atoms with Gasteiger partial charge in [-0.3, -0.25) is 0 Å². The molecule has 0 bridgehead atoms. The smallest absolute Gasteiger partial charge is 0 e. The molecule has 3 radical (unpaired) electrons. The van der Waals surface area contributed by atoms with Crippen LogP contribution in [0.1, 0.15) is 0 Å². The third kappa shape index (κ3) is 8.85. The Morgan fingerprint density at radius 1 is 1.00 bits per heavy atom. The second-order valence-electron chi connectivity index (χ2n) is 0. The van der Waals surface area contributed by atoms with Crippen molar-refractivity contribution in [3.63, 3.8) is 0 Å². The monoisotopic (exact) mass is 243 g/mol. The van der Waals surface area contributed by atoms with Crippen molar-refractivity contribution in [3.05, 3.63) is 0 Å². The average molecular weight is 245 g/mol. The minimum absolute atomic E-state index is 0. The molecular weight excluding hydrogens is 245 g/mol. The molecule has 0 aliphatic heterocycles. The van der Waals surface area contributed by atoms with Gasteiger partial charge in [0.1, 0.15) is 0 Å². The first-order valence-electron chi connectivity index (χ1n) is 0. The van der Waals surface area contributed by atoms with Crippen LogP contribution < -0.4 is 0 Å². The van der Waals surface area contributed by atoms with Gasteiger partial charge in [0.15, 0.2) is 0 Å². The van der Waals surface area contributed by atoms with Crippen molar-refractivity contribution in [3.8, 4) is 0 Å². The van der Waals surface area contributed by atoms with E-state index >= 15 is 0 Å². The van der Waals surface area contributed by atoms with E-state index in [1.54, 1.807) is 0 Å². The third-order valence-corrected chi connectivity index (χ3v) is 0. The zero-order valence-electron chi connectivity index (χ0n) is 2.22. The van der Waals surface area contributed by atoms with Crippen LogP contribution in [0.4, 0.5) is 0 Å². The van der Waals surface area contributed by atoms with Crippen LogP contribution in [0.5, 0.6) is 0 Å². The molecule has 0 aliphatic rings. The Morgan fingerprint density at radius 3 is 1.00 bits per heavy atom. The van der Waals surface area contributed by atoms with Crippen LogP contribution in [-0.2, 0) is 63.6 Å². The van der Waals surface area contributed by atoms with Gasteiger partial charge in [-0.2, -0.15) is 0 Å². The van der Waals surface area contributed by atoms with Gasteiger partial charge >= 0.3 is 0 Å². The maximum Gasteiger partial charge on any atom is 0 e. The summed E-state index contributed by atoms with van der Waals surface area (Å²) in [5, 5.41) is 0. The fourth-order valence-electron chi connectivity index (χ4n) is 0. The van der Waals surface area contributed by atoms with Gasteiger partial charge in [-0.15, -0.1) is 0 Å². The Bertz CT molecular complexity index is 8.00. The topological polar surface area (TPSA) is 0 Å². The van der Waals surface area contributed by atoms with Gasteiger partial charge in [0.05, 0.1) is 0 Å². The predicted octanol–water partition coefficient (Wildman–Crippen LogP) is -0.388. The standard InChI is InChI=1S/Ag.Mg.Ti.Zn. The predicted molar refractivity (Wildman–Crippen MR) is 5.75 cm³/mol. The van der Waals surface area contributed by atoms with E-state index in [1.807, 2.05) is 0 Å². The van der Waals surface area contributed by atoms with E-state index in [4.69, 9.17) is 0 Å². The molecule has 0 aliphatic carbocycles. The number of rotatable bonds is 0. The Hall–Kier alpha value is 2.84. The van der Waals surface area contributed by atoms with E-state index in [1.165, 1.54) is 0 Å². The van der Waals surface area contributed by atoms with E-state index in [2.05, 4.69) is 0 Å². The molecule has 0 N–H and O–H groups in total. The molecule has 0 aromatic heterocycles. The maximum absolute atomic E-state index is 0. The normalized spacial score (nSPS) is 0. The van der Waals surface area contributed by atoms with Crippen LogP contribution in [0.15, 0.2) is 0 Å². The molecule has 0 aromatic rings. The van der Waals surface area contributed by atoms with Crippen molar-refractivity contribution in [2.75, 3.05) is 0 Å². The van der Waals surface area contributed by atoms with E-state index in [9.17, 15) is 0 Å². The van der Waals surface area contributed by atoms with Crippen LogP contribution in [0.3, 0.4) is 0 Å². The van der Waals surface area contributed by atoms with Gasteiger partial charge < -0.3 is 0 Å². The first kappa shape index (κ1) is 28.9. The van der Waals surface area contributed by atoms with Crippen LogP contribution in [0.2, 0.25) is 0 Å². The van der Waals surface area contributed by atoms with E-state index in [0.29, 0.717) is 0 Å². The van der Waals surface area contributed by atoms with Gasteiger partial charge in [0.25, 0.3) is 0 Å². The van der Waals surface area contributed by atoms with E-state index in [-0.39, 0.29) is 86.6 Å². The van der Waals surface area contributed by atoms with Crippen molar-refractivity contribution in [1.29, 1.82) is 0 Å². The summed E-state index contributed by atoms with van der Waals surface area (Å²) in [5.74, 6) is 0. The first-order chi connectivity index (χ1) is 0. The molecule has 0 saturated carbocycles. The molecule has 0 aromatic carbocycles. The van der Waals surface area contributed by atoms with E-state index < -0.39 is 0 Å². The maximum atomic E-state index is 0. The molecule has 0 nitrogen and oxygen atoms in total. The molecule has 0 heterocycles. The van der Waals surface area contributed by atoms with Crippen LogP contribution in [-0.4, -0.2) is 23.1 Å². The van der Waals surface area contributed by atoms with Gasteiger partial charge in [-0.05, 0) is 0 Å². The van der Waals surface area contributed by atoms with Crippen molar-refractivity contribution < 1.29 is 63.6 Å². The molecule has 0 atom stereocenters. The summed E-state index contributed by atoms with van der Waals surface area (Å²) < 4.78 is 0. The van der Waals surface area contributed by atoms with Crippen LogP contribution >= 0.6 is 0 Å². The molecule has 0 spiro atoms. The van der Waals surface area contributed by atoms with Gasteiger partial charge in [-0.25, -0.2) is 0 Å². The minimum Gasteiger partial charge on any atom is 0 e. The molecule has 0 amide bonds. The van der Waals surface area contributed by atoms with Gasteiger partial charge in [0.2, 0.25) is 0 Å². The average Bonchev–Trinajstić information content (AvgIpc) is 0. The summed E-state index contributed by atoms with van der Waals surface area (Å²) in [6.07, 6.45) is 0. The first-order valence-corrected chi connectivity index (χ1v) is 0. The quantitative estimate of drug-likeness (QED) is 0.510. The Labute approximate surface area is 85.2 Å². The molecule has 4 heavy (non-hydrogen) atoms. The summed E-state index contributed by atoms with van der Waals surface area (Å²) in [5.41, 5.74) is 0. The molecule has 0 fully saturated rings. The molecule has 0 saturated heterocycles. The van der Waals surface area contributed by atoms with Gasteiger partial charge in [0, 0.05) is 86.6 Å². The van der Waals surface area contributed by atoms with E-state index in [0.717, 1.165) is 0 Å². The summed E-state index contributed by atoms with van der Waals surface area (Å²) in [6.45, 7) is 0. The van der Waals surface area contributed by atoms with Crippen molar-refractivity contribution >= 4 is 23.1 Å². The third-order valence-electron chi connectivity index (χ3n) is 0. The Kier molecular flexibility index (Phi) is 122. The molecule has 19 valence electrons. The van der Waals surface area contributed by atoms with Crippen molar-refractivity contribution in [2.24, 2.45) is 0 Å². The second-order valence-corrected chi connectivity index (χ2v) is 0. The molecule has 0 unspecified atom stereocenters. The number of hydrogen-bond donors (Lipinski definition) is 0. The zero-order chi connectivity index (χ0) is 0. The van der Waals surface area contributed by atoms with Crippen molar-refractivity contribution in [1.82, 2.24) is 0 Å². The molecular formula is AgMgTiZn. The van der Waals surface area contributed by atoms with Gasteiger partial charge in [-0.1, -0.05) is 0 Å². The van der Waals surface area contributed by atoms with Crippen LogP contribution in [0.25, 0.3) is 0 Å². The summed E-state index contributed by atoms with van der Waals surface area (Å²) in [6, 6.07) is 0. The molecule has 4 heteroatoms. The minimum atomic E-state index is 0. The zero-order valence-corrected chi connectivity index (χ0v) is 9.64. The van der Waals surface area contributed by atoms with Crippen molar-refractivity contribution in [2.45, 2.75) is 0 Å². The SMILES string of the molecule is [Ag].[Mg].[Ti].[Zn]. The second kappa shape index (κ2) is 17.0. The Morgan fingerprint density at radius 2 is 1.00 bits per heavy atom. The largest absolute Gasteiger partial charge is 0 e.